The number of nitrogens with two attached hydrogens (primary N) is 1. The zero-order valence-corrected chi connectivity index (χ0v) is 14.1. The predicted octanol–water partition coefficient (Wildman–Crippen LogP) is 2.48. The Kier molecular flexibility index (Phi) is 6.03. The third-order valence-corrected chi connectivity index (χ3v) is 3.85. The minimum Gasteiger partial charge on any atom is -0.368 e. The zero-order chi connectivity index (χ0) is 17.7. The van der Waals surface area contributed by atoms with Crippen molar-refractivity contribution in [2.45, 2.75) is 18.9 Å². The highest BCUT2D eigenvalue weighted by Crippen LogP contribution is 2.12. The van der Waals surface area contributed by atoms with Gasteiger partial charge in [0.1, 0.15) is 17.7 Å². The van der Waals surface area contributed by atoms with E-state index in [0.29, 0.717) is 0 Å². The van der Waals surface area contributed by atoms with E-state index in [1.807, 2.05) is 12.1 Å². The van der Waals surface area contributed by atoms with Crippen LogP contribution in [0.4, 0.5) is 8.78 Å². The second-order valence-electron chi connectivity index (χ2n) is 5.31. The summed E-state index contributed by atoms with van der Waals surface area (Å²) >= 11 is 3.31. The topological polar surface area (TPSA) is 72.2 Å². The molecule has 0 fully saturated rings. The Morgan fingerprint density at radius 3 is 2.17 bits per heavy atom. The Labute approximate surface area is 146 Å². The van der Waals surface area contributed by atoms with Gasteiger partial charge in [-0.25, -0.2) is 8.78 Å². The van der Waals surface area contributed by atoms with Gasteiger partial charge in [-0.1, -0.05) is 28.1 Å². The molecule has 2 aromatic rings. The van der Waals surface area contributed by atoms with Gasteiger partial charge in [-0.05, 0) is 35.4 Å². The highest BCUT2D eigenvalue weighted by Gasteiger charge is 2.19. The molecule has 0 saturated carbocycles. The molecular weight excluding hydrogens is 382 g/mol. The summed E-state index contributed by atoms with van der Waals surface area (Å²) in [6.07, 6.45) is -0.0232. The summed E-state index contributed by atoms with van der Waals surface area (Å²) in [6.45, 7) is 0. The van der Waals surface area contributed by atoms with E-state index in [0.717, 1.165) is 28.2 Å². The molecule has 0 spiro atoms. The molecule has 7 heteroatoms. The number of hydrogen-bond acceptors (Lipinski definition) is 2. The molecule has 4 nitrogen and oxygen atoms in total. The smallest absolute Gasteiger partial charge is 0.240 e. The summed E-state index contributed by atoms with van der Waals surface area (Å²) in [5, 5.41) is 2.50. The number of hydrogen-bond donors (Lipinski definition) is 2. The van der Waals surface area contributed by atoms with Crippen molar-refractivity contribution >= 4 is 27.7 Å². The number of nitrogens with one attached hydrogen (secondary N) is 1. The van der Waals surface area contributed by atoms with Crippen molar-refractivity contribution in [3.05, 3.63) is 69.7 Å². The van der Waals surface area contributed by atoms with Gasteiger partial charge in [0.15, 0.2) is 0 Å². The average Bonchev–Trinajstić information content (AvgIpc) is 2.47. The summed E-state index contributed by atoms with van der Waals surface area (Å²) < 4.78 is 27.2. The SMILES string of the molecule is NC(=O)[C@@H](Cc1ccc(Br)cc1)NC(=O)Cc1cc(F)cc(F)c1. The lowest BCUT2D eigenvalue weighted by atomic mass is 10.0. The van der Waals surface area contributed by atoms with Crippen molar-refractivity contribution in [3.63, 3.8) is 0 Å². The van der Waals surface area contributed by atoms with Gasteiger partial charge in [0, 0.05) is 17.0 Å². The van der Waals surface area contributed by atoms with E-state index in [-0.39, 0.29) is 18.4 Å². The number of primary amides is 1. The summed E-state index contributed by atoms with van der Waals surface area (Å²) in [6, 6.07) is 9.17. The molecule has 2 rings (SSSR count). The quantitative estimate of drug-likeness (QED) is 0.786. The van der Waals surface area contributed by atoms with E-state index < -0.39 is 29.5 Å². The van der Waals surface area contributed by atoms with Crippen LogP contribution in [0.1, 0.15) is 11.1 Å². The number of rotatable bonds is 6. The van der Waals surface area contributed by atoms with Crippen LogP contribution in [0.3, 0.4) is 0 Å². The fraction of sp³-hybridized carbons (Fsp3) is 0.176. The molecule has 0 radical (unpaired) electrons. The summed E-state index contributed by atoms with van der Waals surface area (Å²) in [4.78, 5) is 23.6. The third kappa shape index (κ3) is 5.42. The first-order valence-corrected chi connectivity index (χ1v) is 7.91. The Hall–Kier alpha value is -2.28. The molecule has 126 valence electrons. The van der Waals surface area contributed by atoms with Crippen LogP contribution in [0.25, 0.3) is 0 Å². The number of benzene rings is 2. The molecule has 0 aliphatic carbocycles. The minimum absolute atomic E-state index is 0.178. The molecule has 0 aromatic heterocycles. The van der Waals surface area contributed by atoms with Crippen LogP contribution in [-0.4, -0.2) is 17.9 Å². The molecule has 0 aliphatic heterocycles. The molecule has 0 heterocycles. The summed E-state index contributed by atoms with van der Waals surface area (Å²) in [5.41, 5.74) is 6.32. The van der Waals surface area contributed by atoms with Crippen LogP contribution in [0.15, 0.2) is 46.9 Å². The maximum Gasteiger partial charge on any atom is 0.240 e. The van der Waals surface area contributed by atoms with E-state index in [4.69, 9.17) is 5.73 Å². The van der Waals surface area contributed by atoms with Crippen LogP contribution in [-0.2, 0) is 22.4 Å². The van der Waals surface area contributed by atoms with Crippen LogP contribution < -0.4 is 11.1 Å². The number of carbonyl (C=O) groups excluding carboxylic acids is 2. The third-order valence-electron chi connectivity index (χ3n) is 3.32. The lowest BCUT2D eigenvalue weighted by Gasteiger charge is -2.16. The number of carbonyl (C=O) groups is 2. The van der Waals surface area contributed by atoms with E-state index in [1.54, 1.807) is 12.1 Å². The van der Waals surface area contributed by atoms with Gasteiger partial charge in [0.05, 0.1) is 6.42 Å². The Bertz CT molecular complexity index is 731. The van der Waals surface area contributed by atoms with Gasteiger partial charge in [-0.2, -0.15) is 0 Å². The molecule has 1 atom stereocenters. The first kappa shape index (κ1) is 18.1. The molecule has 0 saturated heterocycles. The Morgan fingerprint density at radius 1 is 1.04 bits per heavy atom. The van der Waals surface area contributed by atoms with Crippen molar-refractivity contribution in [1.29, 1.82) is 0 Å². The maximum atomic E-state index is 13.1. The van der Waals surface area contributed by atoms with E-state index in [9.17, 15) is 18.4 Å². The monoisotopic (exact) mass is 396 g/mol. The van der Waals surface area contributed by atoms with Gasteiger partial charge in [0.2, 0.25) is 11.8 Å². The van der Waals surface area contributed by atoms with Crippen LogP contribution >= 0.6 is 15.9 Å². The fourth-order valence-electron chi connectivity index (χ4n) is 2.22. The molecule has 0 unspecified atom stereocenters. The van der Waals surface area contributed by atoms with Gasteiger partial charge in [-0.3, -0.25) is 9.59 Å². The molecule has 2 aromatic carbocycles. The molecule has 0 aliphatic rings. The molecule has 0 bridgehead atoms. The largest absolute Gasteiger partial charge is 0.368 e. The molecule has 3 N–H and O–H groups in total. The average molecular weight is 397 g/mol. The van der Waals surface area contributed by atoms with Crippen molar-refractivity contribution in [2.75, 3.05) is 0 Å². The van der Waals surface area contributed by atoms with Gasteiger partial charge >= 0.3 is 0 Å². The van der Waals surface area contributed by atoms with Gasteiger partial charge in [-0.15, -0.1) is 0 Å². The summed E-state index contributed by atoms with van der Waals surface area (Å²) in [7, 11) is 0. The van der Waals surface area contributed by atoms with Crippen LogP contribution in [0, 0.1) is 11.6 Å². The molecular formula is C17H15BrF2N2O2. The highest BCUT2D eigenvalue weighted by atomic mass is 79.9. The lowest BCUT2D eigenvalue weighted by Crippen LogP contribution is -2.46. The van der Waals surface area contributed by atoms with Gasteiger partial charge < -0.3 is 11.1 Å². The normalized spacial score (nSPS) is 11.8. The van der Waals surface area contributed by atoms with Crippen LogP contribution in [0.5, 0.6) is 0 Å². The fourth-order valence-corrected chi connectivity index (χ4v) is 2.49. The van der Waals surface area contributed by atoms with Crippen molar-refractivity contribution in [2.24, 2.45) is 5.73 Å². The standard InChI is InChI=1S/C17H15BrF2N2O2/c18-12-3-1-10(2-4-12)7-15(17(21)24)22-16(23)8-11-5-13(19)9-14(20)6-11/h1-6,9,15H,7-8H2,(H2,21,24)(H,22,23)/t15-/m1/s1. The summed E-state index contributed by atoms with van der Waals surface area (Å²) in [5.74, 6) is -2.75. The maximum absolute atomic E-state index is 13.1. The second kappa shape index (κ2) is 8.01. The van der Waals surface area contributed by atoms with Crippen molar-refractivity contribution in [1.82, 2.24) is 5.32 Å². The zero-order valence-electron chi connectivity index (χ0n) is 12.6. The van der Waals surface area contributed by atoms with E-state index >= 15 is 0 Å². The molecule has 24 heavy (non-hydrogen) atoms. The second-order valence-corrected chi connectivity index (χ2v) is 6.22. The first-order valence-electron chi connectivity index (χ1n) is 7.11. The number of amides is 2. The Morgan fingerprint density at radius 2 is 1.62 bits per heavy atom. The van der Waals surface area contributed by atoms with E-state index in [1.165, 1.54) is 0 Å². The predicted molar refractivity (Wildman–Crippen MR) is 89.0 cm³/mol. The Balaban J connectivity index is 2.02. The lowest BCUT2D eigenvalue weighted by molar-refractivity contribution is -0.127. The molecule has 2 amide bonds. The van der Waals surface area contributed by atoms with Crippen molar-refractivity contribution < 1.29 is 18.4 Å². The highest BCUT2D eigenvalue weighted by molar-refractivity contribution is 9.10. The minimum atomic E-state index is -0.905. The first-order chi connectivity index (χ1) is 11.3. The number of halogens is 3. The van der Waals surface area contributed by atoms with Crippen molar-refractivity contribution in [3.8, 4) is 0 Å². The van der Waals surface area contributed by atoms with Gasteiger partial charge in [0.25, 0.3) is 0 Å². The van der Waals surface area contributed by atoms with Crippen LogP contribution in [0.2, 0.25) is 0 Å². The van der Waals surface area contributed by atoms with E-state index in [2.05, 4.69) is 21.2 Å².